The fourth-order valence-corrected chi connectivity index (χ4v) is 4.12. The van der Waals surface area contributed by atoms with E-state index < -0.39 is 0 Å². The molecule has 1 N–H and O–H groups in total. The minimum Gasteiger partial charge on any atom is -0.339 e. The van der Waals surface area contributed by atoms with Crippen LogP contribution in [-0.4, -0.2) is 29.8 Å². The number of anilines is 1. The van der Waals surface area contributed by atoms with E-state index in [1.807, 2.05) is 41.3 Å². The lowest BCUT2D eigenvalue weighted by molar-refractivity contribution is -0.117. The van der Waals surface area contributed by atoms with Crippen molar-refractivity contribution in [2.75, 3.05) is 18.4 Å². The molecule has 1 aliphatic carbocycles. The second-order valence-electron chi connectivity index (χ2n) is 7.18. The van der Waals surface area contributed by atoms with Crippen LogP contribution in [0.1, 0.15) is 53.1 Å². The predicted molar refractivity (Wildman–Crippen MR) is 102 cm³/mol. The number of carbonyl (C=O) groups is 2. The van der Waals surface area contributed by atoms with Crippen LogP contribution < -0.4 is 5.32 Å². The molecule has 1 fully saturated rings. The molecule has 1 heterocycles. The number of rotatable bonds is 3. The molecule has 4 rings (SSSR count). The van der Waals surface area contributed by atoms with Crippen LogP contribution in [0.5, 0.6) is 0 Å². The largest absolute Gasteiger partial charge is 0.339 e. The number of hydrogen-bond acceptors (Lipinski definition) is 2. The summed E-state index contributed by atoms with van der Waals surface area (Å²) in [7, 11) is 0. The van der Waals surface area contributed by atoms with Crippen LogP contribution in [0.3, 0.4) is 0 Å². The summed E-state index contributed by atoms with van der Waals surface area (Å²) in [5, 5.41) is 3.04. The molecule has 0 bridgehead atoms. The first-order valence-electron chi connectivity index (χ1n) is 9.51. The first-order chi connectivity index (χ1) is 12.7. The lowest BCUT2D eigenvalue weighted by Gasteiger charge is -2.25. The number of benzene rings is 2. The van der Waals surface area contributed by atoms with Crippen LogP contribution in [0.2, 0.25) is 0 Å². The van der Waals surface area contributed by atoms with Crippen molar-refractivity contribution in [1.82, 2.24) is 4.90 Å². The van der Waals surface area contributed by atoms with Gasteiger partial charge in [0, 0.05) is 13.1 Å². The first kappa shape index (κ1) is 16.8. The summed E-state index contributed by atoms with van der Waals surface area (Å²) in [5.41, 5.74) is 3.60. The second-order valence-corrected chi connectivity index (χ2v) is 7.18. The summed E-state index contributed by atoms with van der Waals surface area (Å²) in [4.78, 5) is 27.7. The van der Waals surface area contributed by atoms with E-state index in [9.17, 15) is 9.59 Å². The predicted octanol–water partition coefficient (Wildman–Crippen LogP) is 3.98. The topological polar surface area (TPSA) is 49.4 Å². The number of likely N-dealkylation sites (tertiary alicyclic amines) is 1. The molecule has 1 aliphatic heterocycles. The molecule has 0 spiro atoms. The van der Waals surface area contributed by atoms with E-state index >= 15 is 0 Å². The van der Waals surface area contributed by atoms with E-state index in [0.29, 0.717) is 11.3 Å². The van der Waals surface area contributed by atoms with Crippen LogP contribution in [-0.2, 0) is 11.2 Å². The van der Waals surface area contributed by atoms with E-state index in [1.54, 1.807) is 0 Å². The highest BCUT2D eigenvalue weighted by Crippen LogP contribution is 2.33. The Labute approximate surface area is 154 Å². The third-order valence-electron chi connectivity index (χ3n) is 5.49. The van der Waals surface area contributed by atoms with Crippen molar-refractivity contribution in [1.29, 1.82) is 0 Å². The van der Waals surface area contributed by atoms with Gasteiger partial charge < -0.3 is 10.2 Å². The molecule has 0 unspecified atom stereocenters. The molecule has 4 nitrogen and oxygen atoms in total. The summed E-state index contributed by atoms with van der Waals surface area (Å²) in [6.07, 6.45) is 5.01. The Morgan fingerprint density at radius 3 is 2.50 bits per heavy atom. The first-order valence-corrected chi connectivity index (χ1v) is 9.51. The van der Waals surface area contributed by atoms with E-state index in [-0.39, 0.29) is 17.7 Å². The van der Waals surface area contributed by atoms with Crippen LogP contribution >= 0.6 is 0 Å². The Morgan fingerprint density at radius 2 is 1.65 bits per heavy atom. The van der Waals surface area contributed by atoms with E-state index in [1.165, 1.54) is 5.56 Å². The highest BCUT2D eigenvalue weighted by molar-refractivity contribution is 6.05. The molecule has 2 aliphatic rings. The van der Waals surface area contributed by atoms with Crippen molar-refractivity contribution in [2.45, 2.75) is 38.0 Å². The van der Waals surface area contributed by atoms with Gasteiger partial charge >= 0.3 is 0 Å². The molecule has 2 aromatic rings. The molecule has 0 aromatic heterocycles. The van der Waals surface area contributed by atoms with Crippen molar-refractivity contribution in [2.24, 2.45) is 0 Å². The number of aryl methyl sites for hydroxylation is 1. The summed E-state index contributed by atoms with van der Waals surface area (Å²) < 4.78 is 0. The smallest absolute Gasteiger partial charge is 0.255 e. The number of nitrogens with zero attached hydrogens (tertiary/aromatic N) is 1. The van der Waals surface area contributed by atoms with Gasteiger partial charge in [-0.05, 0) is 55.4 Å². The lowest BCUT2D eigenvalue weighted by atomic mass is 9.82. The zero-order chi connectivity index (χ0) is 17.9. The Kier molecular flexibility index (Phi) is 4.74. The zero-order valence-corrected chi connectivity index (χ0v) is 14.9. The minimum absolute atomic E-state index is 0.0150. The van der Waals surface area contributed by atoms with Gasteiger partial charge in [-0.25, -0.2) is 0 Å². The summed E-state index contributed by atoms with van der Waals surface area (Å²) in [6.45, 7) is 1.61. The normalized spacial score (nSPS) is 19.1. The molecule has 1 saturated heterocycles. The van der Waals surface area contributed by atoms with Gasteiger partial charge in [-0.3, -0.25) is 9.59 Å². The molecule has 134 valence electrons. The molecule has 2 amide bonds. The van der Waals surface area contributed by atoms with Crippen molar-refractivity contribution < 1.29 is 9.59 Å². The van der Waals surface area contributed by atoms with Crippen LogP contribution in [0.15, 0.2) is 48.5 Å². The van der Waals surface area contributed by atoms with Gasteiger partial charge in [0.1, 0.15) is 0 Å². The summed E-state index contributed by atoms with van der Waals surface area (Å²) in [6, 6.07) is 15.6. The van der Waals surface area contributed by atoms with Crippen LogP contribution in [0.25, 0.3) is 0 Å². The molecule has 4 heteroatoms. The molecule has 0 radical (unpaired) electrons. The maximum absolute atomic E-state index is 13.0. The SMILES string of the molecule is O=C(Nc1ccccc1C(=O)N1CCCC1)[C@@H]1CCCc2ccccc21. The van der Waals surface area contributed by atoms with Gasteiger partial charge in [0.2, 0.25) is 5.91 Å². The molecular formula is C22H24N2O2. The number of fused-ring (bicyclic) bond motifs is 1. The van der Waals surface area contributed by atoms with Crippen molar-refractivity contribution >= 4 is 17.5 Å². The summed E-state index contributed by atoms with van der Waals surface area (Å²) in [5.74, 6) is -0.142. The average molecular weight is 348 g/mol. The molecule has 26 heavy (non-hydrogen) atoms. The Hall–Kier alpha value is -2.62. The van der Waals surface area contributed by atoms with Gasteiger partial charge in [-0.1, -0.05) is 36.4 Å². The zero-order valence-electron chi connectivity index (χ0n) is 14.9. The van der Waals surface area contributed by atoms with Gasteiger partial charge in [0.15, 0.2) is 0 Å². The average Bonchev–Trinajstić information content (AvgIpc) is 3.22. The second kappa shape index (κ2) is 7.32. The molecular weight excluding hydrogens is 324 g/mol. The number of hydrogen-bond donors (Lipinski definition) is 1. The van der Waals surface area contributed by atoms with Gasteiger partial charge in [0.25, 0.3) is 5.91 Å². The van der Waals surface area contributed by atoms with Crippen LogP contribution in [0, 0.1) is 0 Å². The van der Waals surface area contributed by atoms with E-state index in [2.05, 4.69) is 17.4 Å². The minimum atomic E-state index is -0.144. The molecule has 2 aromatic carbocycles. The summed E-state index contributed by atoms with van der Waals surface area (Å²) >= 11 is 0. The Balaban J connectivity index is 1.57. The fourth-order valence-electron chi connectivity index (χ4n) is 4.12. The highest BCUT2D eigenvalue weighted by Gasteiger charge is 2.28. The number of nitrogens with one attached hydrogen (secondary N) is 1. The van der Waals surface area contributed by atoms with Crippen molar-refractivity contribution in [3.05, 3.63) is 65.2 Å². The van der Waals surface area contributed by atoms with Gasteiger partial charge in [-0.2, -0.15) is 0 Å². The van der Waals surface area contributed by atoms with E-state index in [0.717, 1.165) is 50.8 Å². The Morgan fingerprint density at radius 1 is 0.923 bits per heavy atom. The van der Waals surface area contributed by atoms with Gasteiger partial charge in [-0.15, -0.1) is 0 Å². The quantitative estimate of drug-likeness (QED) is 0.912. The number of amides is 2. The highest BCUT2D eigenvalue weighted by atomic mass is 16.2. The van der Waals surface area contributed by atoms with Crippen molar-refractivity contribution in [3.8, 4) is 0 Å². The lowest BCUT2D eigenvalue weighted by Crippen LogP contribution is -2.30. The maximum atomic E-state index is 13.0. The number of carbonyl (C=O) groups excluding carboxylic acids is 2. The molecule has 1 atom stereocenters. The third kappa shape index (κ3) is 3.24. The Bertz CT molecular complexity index is 824. The van der Waals surface area contributed by atoms with Crippen LogP contribution in [0.4, 0.5) is 5.69 Å². The van der Waals surface area contributed by atoms with Gasteiger partial charge in [0.05, 0.1) is 17.2 Å². The fraction of sp³-hybridized carbons (Fsp3) is 0.364. The van der Waals surface area contributed by atoms with E-state index in [4.69, 9.17) is 0 Å². The van der Waals surface area contributed by atoms with Crippen molar-refractivity contribution in [3.63, 3.8) is 0 Å². The third-order valence-corrected chi connectivity index (χ3v) is 5.49. The maximum Gasteiger partial charge on any atom is 0.255 e. The number of para-hydroxylation sites is 1. The standard InChI is InChI=1S/C22H24N2O2/c25-21(18-12-7-9-16-8-1-2-10-17(16)18)23-20-13-4-3-11-19(20)22(26)24-14-5-6-15-24/h1-4,8,10-11,13,18H,5-7,9,12,14-15H2,(H,23,25)/t18-/m1/s1. The monoisotopic (exact) mass is 348 g/mol. The molecule has 0 saturated carbocycles.